The summed E-state index contributed by atoms with van der Waals surface area (Å²) in [4.78, 5) is 13.5. The molecule has 104 valence electrons. The van der Waals surface area contributed by atoms with Crippen LogP contribution in [0.5, 0.6) is 0 Å². The summed E-state index contributed by atoms with van der Waals surface area (Å²) in [5, 5.41) is 0.801. The van der Waals surface area contributed by atoms with Gasteiger partial charge in [0.1, 0.15) is 6.61 Å². The Bertz CT molecular complexity index is 554. The number of ether oxygens (including phenoxy) is 1. The van der Waals surface area contributed by atoms with Crippen LogP contribution in [-0.4, -0.2) is 13.1 Å². The van der Waals surface area contributed by atoms with Gasteiger partial charge in [0.05, 0.1) is 0 Å². The molecular formula is C16H16BrNO2. The van der Waals surface area contributed by atoms with Crippen molar-refractivity contribution in [3.05, 3.63) is 65.7 Å². The van der Waals surface area contributed by atoms with Crippen LogP contribution in [-0.2, 0) is 16.7 Å². The summed E-state index contributed by atoms with van der Waals surface area (Å²) in [6.07, 6.45) is -0.361. The Kier molecular flexibility index (Phi) is 5.18. The van der Waals surface area contributed by atoms with Crippen LogP contribution in [0.15, 0.2) is 54.6 Å². The van der Waals surface area contributed by atoms with E-state index in [1.54, 1.807) is 7.05 Å². The lowest BCUT2D eigenvalue weighted by Crippen LogP contribution is -2.26. The molecule has 2 aromatic carbocycles. The second-order valence-electron chi connectivity index (χ2n) is 4.40. The molecule has 1 amide bonds. The summed E-state index contributed by atoms with van der Waals surface area (Å²) in [6, 6.07) is 17.4. The fourth-order valence-electron chi connectivity index (χ4n) is 1.73. The first-order chi connectivity index (χ1) is 9.70. The number of rotatable bonds is 4. The molecule has 0 bridgehead atoms. The first-order valence-corrected chi connectivity index (χ1v) is 7.42. The zero-order chi connectivity index (χ0) is 14.4. The van der Waals surface area contributed by atoms with Crippen LogP contribution in [0.3, 0.4) is 0 Å². The van der Waals surface area contributed by atoms with Gasteiger partial charge in [-0.25, -0.2) is 4.79 Å². The number of hydrogen-bond donors (Lipinski definition) is 0. The lowest BCUT2D eigenvalue weighted by atomic mass is 10.2. The highest BCUT2D eigenvalue weighted by Crippen LogP contribution is 2.16. The number of anilines is 1. The van der Waals surface area contributed by atoms with E-state index >= 15 is 0 Å². The van der Waals surface area contributed by atoms with Crippen molar-refractivity contribution in [2.75, 3.05) is 11.9 Å². The zero-order valence-electron chi connectivity index (χ0n) is 11.3. The molecular weight excluding hydrogens is 318 g/mol. The van der Waals surface area contributed by atoms with Crippen molar-refractivity contribution in [3.63, 3.8) is 0 Å². The standard InChI is InChI=1S/C16H16BrNO2/c1-18(15-9-7-13(11-17)8-10-15)16(19)20-12-14-5-3-2-4-6-14/h2-10H,11-12H2,1H3. The summed E-state index contributed by atoms with van der Waals surface area (Å²) in [7, 11) is 1.70. The first-order valence-electron chi connectivity index (χ1n) is 6.30. The minimum atomic E-state index is -0.361. The molecule has 20 heavy (non-hydrogen) atoms. The predicted octanol–water partition coefficient (Wildman–Crippen LogP) is 4.35. The zero-order valence-corrected chi connectivity index (χ0v) is 12.8. The Labute approximate surface area is 127 Å². The van der Waals surface area contributed by atoms with Gasteiger partial charge in [0.25, 0.3) is 0 Å². The number of carbonyl (C=O) groups excluding carboxylic acids is 1. The van der Waals surface area contributed by atoms with Crippen molar-refractivity contribution < 1.29 is 9.53 Å². The number of halogens is 1. The van der Waals surface area contributed by atoms with Gasteiger partial charge in [0, 0.05) is 18.1 Å². The Hall–Kier alpha value is -1.81. The van der Waals surface area contributed by atoms with Gasteiger partial charge in [-0.05, 0) is 23.3 Å². The third-order valence-electron chi connectivity index (χ3n) is 2.96. The highest BCUT2D eigenvalue weighted by molar-refractivity contribution is 9.08. The van der Waals surface area contributed by atoms with E-state index in [1.165, 1.54) is 10.5 Å². The summed E-state index contributed by atoms with van der Waals surface area (Å²) in [5.74, 6) is 0. The van der Waals surface area contributed by atoms with E-state index in [4.69, 9.17) is 4.74 Å². The van der Waals surface area contributed by atoms with Crippen LogP contribution < -0.4 is 4.90 Å². The van der Waals surface area contributed by atoms with Crippen LogP contribution in [0, 0.1) is 0 Å². The molecule has 0 N–H and O–H groups in total. The summed E-state index contributed by atoms with van der Waals surface area (Å²) in [5.41, 5.74) is 2.96. The van der Waals surface area contributed by atoms with E-state index in [0.29, 0.717) is 0 Å². The largest absolute Gasteiger partial charge is 0.444 e. The fourth-order valence-corrected chi connectivity index (χ4v) is 2.10. The molecule has 2 aromatic rings. The molecule has 3 nitrogen and oxygen atoms in total. The Morgan fingerprint density at radius 2 is 1.70 bits per heavy atom. The molecule has 0 spiro atoms. The average Bonchev–Trinajstić information content (AvgIpc) is 2.53. The van der Waals surface area contributed by atoms with E-state index in [-0.39, 0.29) is 12.7 Å². The number of nitrogens with zero attached hydrogens (tertiary/aromatic N) is 1. The van der Waals surface area contributed by atoms with Gasteiger partial charge in [0.15, 0.2) is 0 Å². The van der Waals surface area contributed by atoms with E-state index in [9.17, 15) is 4.79 Å². The van der Waals surface area contributed by atoms with Gasteiger partial charge in [0.2, 0.25) is 0 Å². The van der Waals surface area contributed by atoms with Gasteiger partial charge in [-0.3, -0.25) is 4.90 Å². The highest BCUT2D eigenvalue weighted by atomic mass is 79.9. The van der Waals surface area contributed by atoms with Crippen LogP contribution >= 0.6 is 15.9 Å². The molecule has 0 heterocycles. The van der Waals surface area contributed by atoms with Crippen LogP contribution in [0.25, 0.3) is 0 Å². The molecule has 0 aliphatic carbocycles. The maximum Gasteiger partial charge on any atom is 0.414 e. The number of benzene rings is 2. The molecule has 0 fully saturated rings. The van der Waals surface area contributed by atoms with E-state index in [1.807, 2.05) is 54.6 Å². The van der Waals surface area contributed by atoms with Crippen LogP contribution in [0.2, 0.25) is 0 Å². The summed E-state index contributed by atoms with van der Waals surface area (Å²) in [6.45, 7) is 0.281. The van der Waals surface area contributed by atoms with Gasteiger partial charge in [-0.1, -0.05) is 58.4 Å². The number of hydrogen-bond acceptors (Lipinski definition) is 2. The predicted molar refractivity (Wildman–Crippen MR) is 84.1 cm³/mol. The van der Waals surface area contributed by atoms with Crippen LogP contribution in [0.4, 0.5) is 10.5 Å². The van der Waals surface area contributed by atoms with Crippen molar-refractivity contribution in [1.29, 1.82) is 0 Å². The minimum Gasteiger partial charge on any atom is -0.444 e. The highest BCUT2D eigenvalue weighted by Gasteiger charge is 2.12. The Balaban J connectivity index is 1.94. The second-order valence-corrected chi connectivity index (χ2v) is 4.96. The molecule has 0 saturated carbocycles. The fraction of sp³-hybridized carbons (Fsp3) is 0.188. The molecule has 0 saturated heterocycles. The summed E-state index contributed by atoms with van der Waals surface area (Å²) >= 11 is 3.39. The molecule has 0 aliphatic heterocycles. The SMILES string of the molecule is CN(C(=O)OCc1ccccc1)c1ccc(CBr)cc1. The third-order valence-corrected chi connectivity index (χ3v) is 3.60. The molecule has 0 radical (unpaired) electrons. The average molecular weight is 334 g/mol. The monoisotopic (exact) mass is 333 g/mol. The number of carbonyl (C=O) groups is 1. The van der Waals surface area contributed by atoms with Gasteiger partial charge >= 0.3 is 6.09 Å². The first kappa shape index (κ1) is 14.6. The molecule has 2 rings (SSSR count). The second kappa shape index (κ2) is 7.10. The maximum absolute atomic E-state index is 12.0. The summed E-state index contributed by atoms with van der Waals surface area (Å²) < 4.78 is 5.28. The molecule has 0 aliphatic rings. The number of alkyl halides is 1. The lowest BCUT2D eigenvalue weighted by Gasteiger charge is -2.17. The van der Waals surface area contributed by atoms with E-state index < -0.39 is 0 Å². The van der Waals surface area contributed by atoms with Gasteiger partial charge in [-0.15, -0.1) is 0 Å². The smallest absolute Gasteiger partial charge is 0.414 e. The third kappa shape index (κ3) is 3.84. The minimum absolute atomic E-state index is 0.281. The molecule has 0 aromatic heterocycles. The van der Waals surface area contributed by atoms with Crippen molar-refractivity contribution in [2.24, 2.45) is 0 Å². The molecule has 4 heteroatoms. The van der Waals surface area contributed by atoms with Crippen molar-refractivity contribution in [3.8, 4) is 0 Å². The maximum atomic E-state index is 12.0. The van der Waals surface area contributed by atoms with E-state index in [2.05, 4.69) is 15.9 Å². The van der Waals surface area contributed by atoms with Gasteiger partial charge in [-0.2, -0.15) is 0 Å². The van der Waals surface area contributed by atoms with Gasteiger partial charge < -0.3 is 4.74 Å². The van der Waals surface area contributed by atoms with Crippen molar-refractivity contribution in [2.45, 2.75) is 11.9 Å². The number of amides is 1. The lowest BCUT2D eigenvalue weighted by molar-refractivity contribution is 0.148. The van der Waals surface area contributed by atoms with Crippen LogP contribution in [0.1, 0.15) is 11.1 Å². The van der Waals surface area contributed by atoms with Crippen molar-refractivity contribution >= 4 is 27.7 Å². The quantitative estimate of drug-likeness (QED) is 0.778. The topological polar surface area (TPSA) is 29.5 Å². The molecule has 0 atom stereocenters. The molecule has 0 unspecified atom stereocenters. The van der Waals surface area contributed by atoms with Crippen molar-refractivity contribution in [1.82, 2.24) is 0 Å². The Morgan fingerprint density at radius 3 is 2.30 bits per heavy atom. The normalized spacial score (nSPS) is 10.1. The van der Waals surface area contributed by atoms with E-state index in [0.717, 1.165) is 16.6 Å². The Morgan fingerprint density at radius 1 is 1.05 bits per heavy atom.